The van der Waals surface area contributed by atoms with E-state index in [0.717, 1.165) is 44.8 Å². The van der Waals surface area contributed by atoms with Gasteiger partial charge < -0.3 is 13.6 Å². The predicted molar refractivity (Wildman–Crippen MR) is 225 cm³/mol. The van der Waals surface area contributed by atoms with E-state index in [1.54, 1.807) is 0 Å². The van der Waals surface area contributed by atoms with Gasteiger partial charge in [-0.05, 0) is 95.1 Å². The Morgan fingerprint density at radius 1 is 0.291 bits per heavy atom. The Bertz CT molecular complexity index is 2910. The standard InChI is InChI=1S/C50H32N4O/c1-5-25-45-41(21-1)42-22-2-6-26-46(42)53(45)39-19-11-15-35(31-39)33-13-9-17-37(29-33)49-51-52-50(55-49)38-18-10-14-34(30-38)36-16-12-20-40(32-36)54-47-27-7-3-23-43(47)44-24-4-8-28-48(44)54/h1-32H. The lowest BCUT2D eigenvalue weighted by molar-refractivity contribution is 0.584. The van der Waals surface area contributed by atoms with Crippen molar-refractivity contribution in [1.82, 2.24) is 19.3 Å². The van der Waals surface area contributed by atoms with E-state index in [1.807, 2.05) is 24.3 Å². The monoisotopic (exact) mass is 704 g/mol. The van der Waals surface area contributed by atoms with Crippen LogP contribution in [0.25, 0.3) is 100 Å². The first-order valence-corrected chi connectivity index (χ1v) is 18.5. The molecule has 3 heterocycles. The highest BCUT2D eigenvalue weighted by atomic mass is 16.4. The van der Waals surface area contributed by atoms with Crippen molar-refractivity contribution in [2.24, 2.45) is 0 Å². The molecule has 0 aliphatic heterocycles. The fraction of sp³-hybridized carbons (Fsp3) is 0. The van der Waals surface area contributed by atoms with Gasteiger partial charge in [-0.15, -0.1) is 10.2 Å². The Labute approximate surface area is 317 Å². The molecule has 0 saturated heterocycles. The molecular weight excluding hydrogens is 673 g/mol. The number of fused-ring (bicyclic) bond motifs is 6. The molecule has 11 aromatic rings. The maximum Gasteiger partial charge on any atom is 0.248 e. The Hall–Kier alpha value is -7.50. The molecule has 0 bridgehead atoms. The topological polar surface area (TPSA) is 48.8 Å². The largest absolute Gasteiger partial charge is 0.416 e. The first-order valence-electron chi connectivity index (χ1n) is 18.5. The zero-order valence-corrected chi connectivity index (χ0v) is 29.7. The molecule has 0 aliphatic rings. The van der Waals surface area contributed by atoms with Gasteiger partial charge in [0, 0.05) is 44.0 Å². The van der Waals surface area contributed by atoms with Crippen molar-refractivity contribution in [1.29, 1.82) is 0 Å². The SMILES string of the molecule is c1cc(-c2cccc(-n3c4ccccc4c4ccccc43)c2)cc(-c2nnc(-c3cccc(-c4cccc(-n5c6ccccc6c6ccccc65)c4)c3)o2)c1. The van der Waals surface area contributed by atoms with Crippen LogP contribution >= 0.6 is 0 Å². The van der Waals surface area contributed by atoms with Gasteiger partial charge in [0.15, 0.2) is 0 Å². The molecule has 3 aromatic heterocycles. The van der Waals surface area contributed by atoms with Crippen LogP contribution in [-0.2, 0) is 0 Å². The van der Waals surface area contributed by atoms with E-state index in [2.05, 4.69) is 189 Å². The Kier molecular flexibility index (Phi) is 7.10. The molecule has 11 rings (SSSR count). The normalized spacial score (nSPS) is 11.6. The van der Waals surface area contributed by atoms with Crippen LogP contribution in [0.15, 0.2) is 199 Å². The highest BCUT2D eigenvalue weighted by Crippen LogP contribution is 2.36. The summed E-state index contributed by atoms with van der Waals surface area (Å²) in [5, 5.41) is 14.0. The van der Waals surface area contributed by atoms with Crippen LogP contribution in [0.3, 0.4) is 0 Å². The van der Waals surface area contributed by atoms with E-state index >= 15 is 0 Å². The second kappa shape index (κ2) is 12.6. The van der Waals surface area contributed by atoms with E-state index in [0.29, 0.717) is 11.8 Å². The summed E-state index contributed by atoms with van der Waals surface area (Å²) in [6, 6.07) is 68.4. The number of hydrogen-bond donors (Lipinski definition) is 0. The molecule has 8 aromatic carbocycles. The quantitative estimate of drug-likeness (QED) is 0.173. The average molecular weight is 705 g/mol. The summed E-state index contributed by atoms with van der Waals surface area (Å²) in [5.74, 6) is 0.961. The van der Waals surface area contributed by atoms with E-state index < -0.39 is 0 Å². The smallest absolute Gasteiger partial charge is 0.248 e. The fourth-order valence-corrected chi connectivity index (χ4v) is 8.17. The fourth-order valence-electron chi connectivity index (χ4n) is 8.17. The molecule has 0 aliphatic carbocycles. The van der Waals surface area contributed by atoms with Crippen LogP contribution in [0.4, 0.5) is 0 Å². The summed E-state index contributed by atoms with van der Waals surface area (Å²) in [4.78, 5) is 0. The maximum absolute atomic E-state index is 6.37. The third-order valence-corrected chi connectivity index (χ3v) is 10.7. The molecule has 0 radical (unpaired) electrons. The first kappa shape index (κ1) is 31.1. The van der Waals surface area contributed by atoms with Crippen molar-refractivity contribution in [2.75, 3.05) is 0 Å². The van der Waals surface area contributed by atoms with E-state index in [-0.39, 0.29) is 0 Å². The van der Waals surface area contributed by atoms with Crippen molar-refractivity contribution in [3.05, 3.63) is 194 Å². The van der Waals surface area contributed by atoms with Crippen LogP contribution in [-0.4, -0.2) is 19.3 Å². The average Bonchev–Trinajstić information content (AvgIpc) is 3.98. The Balaban J connectivity index is 0.914. The van der Waals surface area contributed by atoms with Crippen LogP contribution in [0, 0.1) is 0 Å². The lowest BCUT2D eigenvalue weighted by Gasteiger charge is -2.11. The number of para-hydroxylation sites is 4. The van der Waals surface area contributed by atoms with Gasteiger partial charge in [-0.1, -0.05) is 121 Å². The zero-order valence-electron chi connectivity index (χ0n) is 29.7. The second-order valence-corrected chi connectivity index (χ2v) is 13.9. The van der Waals surface area contributed by atoms with Crippen molar-refractivity contribution in [2.45, 2.75) is 0 Å². The number of aromatic nitrogens is 4. The molecule has 0 unspecified atom stereocenters. The van der Waals surface area contributed by atoms with Gasteiger partial charge in [0.2, 0.25) is 11.8 Å². The lowest BCUT2D eigenvalue weighted by atomic mass is 10.0. The number of nitrogens with zero attached hydrogens (tertiary/aromatic N) is 4. The van der Waals surface area contributed by atoms with Crippen LogP contribution in [0.5, 0.6) is 0 Å². The molecule has 0 fully saturated rings. The third kappa shape index (κ3) is 5.17. The minimum atomic E-state index is 0.481. The predicted octanol–water partition coefficient (Wildman–Crippen LogP) is 12.9. The van der Waals surface area contributed by atoms with Gasteiger partial charge in [-0.25, -0.2) is 0 Å². The molecule has 0 amide bonds. The van der Waals surface area contributed by atoms with Gasteiger partial charge in [0.1, 0.15) is 0 Å². The second-order valence-electron chi connectivity index (χ2n) is 13.9. The van der Waals surface area contributed by atoms with Gasteiger partial charge in [-0.3, -0.25) is 0 Å². The minimum Gasteiger partial charge on any atom is -0.416 e. The summed E-state index contributed by atoms with van der Waals surface area (Å²) in [6.07, 6.45) is 0. The van der Waals surface area contributed by atoms with Crippen molar-refractivity contribution in [3.8, 4) is 56.5 Å². The minimum absolute atomic E-state index is 0.481. The summed E-state index contributed by atoms with van der Waals surface area (Å²) in [6.45, 7) is 0. The molecule has 5 heteroatoms. The highest BCUT2D eigenvalue weighted by Gasteiger charge is 2.16. The summed E-state index contributed by atoms with van der Waals surface area (Å²) in [7, 11) is 0. The third-order valence-electron chi connectivity index (χ3n) is 10.7. The molecule has 0 saturated carbocycles. The van der Waals surface area contributed by atoms with Crippen LogP contribution in [0.1, 0.15) is 0 Å². The zero-order chi connectivity index (χ0) is 36.3. The molecule has 258 valence electrons. The summed E-state index contributed by atoms with van der Waals surface area (Å²) in [5.41, 5.74) is 13.1. The van der Waals surface area contributed by atoms with E-state index in [1.165, 1.54) is 43.6 Å². The molecule has 0 spiro atoms. The Morgan fingerprint density at radius 3 is 0.982 bits per heavy atom. The van der Waals surface area contributed by atoms with E-state index in [4.69, 9.17) is 4.42 Å². The molecule has 55 heavy (non-hydrogen) atoms. The molecule has 0 N–H and O–H groups in total. The van der Waals surface area contributed by atoms with Gasteiger partial charge in [0.05, 0.1) is 22.1 Å². The Morgan fingerprint density at radius 2 is 0.600 bits per heavy atom. The van der Waals surface area contributed by atoms with Crippen molar-refractivity contribution >= 4 is 43.6 Å². The number of rotatable bonds is 6. The van der Waals surface area contributed by atoms with Crippen molar-refractivity contribution in [3.63, 3.8) is 0 Å². The van der Waals surface area contributed by atoms with Crippen LogP contribution < -0.4 is 0 Å². The number of benzene rings is 8. The summed E-state index contributed by atoms with van der Waals surface area (Å²) >= 11 is 0. The lowest BCUT2D eigenvalue weighted by Crippen LogP contribution is -1.94. The molecule has 0 atom stereocenters. The highest BCUT2D eigenvalue weighted by molar-refractivity contribution is 6.10. The van der Waals surface area contributed by atoms with Gasteiger partial charge in [0.25, 0.3) is 0 Å². The van der Waals surface area contributed by atoms with E-state index in [9.17, 15) is 0 Å². The molecular formula is C50H32N4O. The van der Waals surface area contributed by atoms with Gasteiger partial charge in [-0.2, -0.15) is 0 Å². The van der Waals surface area contributed by atoms with Crippen molar-refractivity contribution < 1.29 is 4.42 Å². The number of hydrogen-bond acceptors (Lipinski definition) is 3. The van der Waals surface area contributed by atoms with Gasteiger partial charge >= 0.3 is 0 Å². The summed E-state index contributed by atoms with van der Waals surface area (Å²) < 4.78 is 11.1. The van der Waals surface area contributed by atoms with Crippen LogP contribution in [0.2, 0.25) is 0 Å². The molecule has 5 nitrogen and oxygen atoms in total. The maximum atomic E-state index is 6.37. The first-order chi connectivity index (χ1) is 27.3.